The summed E-state index contributed by atoms with van der Waals surface area (Å²) in [6.07, 6.45) is 1.59. The lowest BCUT2D eigenvalue weighted by molar-refractivity contribution is 0.184. The van der Waals surface area contributed by atoms with Crippen LogP contribution in [0.25, 0.3) is 16.9 Å². The molecule has 4 aromatic rings. The molecule has 2 heterocycles. The van der Waals surface area contributed by atoms with E-state index < -0.39 is 11.2 Å². The fraction of sp³-hybridized carbons (Fsp3) is 0.227. The SMILES string of the molecule is COCCn1c(=O)c2c(ncn2Cc2cccc(C)c2)n(-c2ccccc2Cl)c1=O. The second kappa shape index (κ2) is 8.30. The van der Waals surface area contributed by atoms with Crippen LogP contribution in [-0.2, 0) is 17.8 Å². The van der Waals surface area contributed by atoms with E-state index in [0.717, 1.165) is 11.1 Å². The first-order chi connectivity index (χ1) is 14.5. The van der Waals surface area contributed by atoms with Gasteiger partial charge in [-0.2, -0.15) is 0 Å². The Balaban J connectivity index is 1.99. The van der Waals surface area contributed by atoms with Gasteiger partial charge in [0.15, 0.2) is 11.2 Å². The number of ether oxygens (including phenoxy) is 1. The molecule has 0 aliphatic rings. The zero-order valence-electron chi connectivity index (χ0n) is 16.7. The molecular formula is C22H21ClN4O3. The van der Waals surface area contributed by atoms with Crippen molar-refractivity contribution in [2.24, 2.45) is 0 Å². The molecule has 4 rings (SSSR count). The number of fused-ring (bicyclic) bond motifs is 1. The smallest absolute Gasteiger partial charge is 0.337 e. The first kappa shape index (κ1) is 20.1. The maximum atomic E-state index is 13.3. The molecule has 0 amide bonds. The number of hydrogen-bond acceptors (Lipinski definition) is 4. The normalized spacial score (nSPS) is 11.3. The lowest BCUT2D eigenvalue weighted by Crippen LogP contribution is -2.41. The largest absolute Gasteiger partial charge is 0.383 e. The molecule has 154 valence electrons. The van der Waals surface area contributed by atoms with Gasteiger partial charge in [-0.25, -0.2) is 14.3 Å². The van der Waals surface area contributed by atoms with Crippen molar-refractivity contribution in [2.45, 2.75) is 20.0 Å². The number of methoxy groups -OCH3 is 1. The molecule has 8 heteroatoms. The van der Waals surface area contributed by atoms with E-state index in [2.05, 4.69) is 11.1 Å². The van der Waals surface area contributed by atoms with Crippen molar-refractivity contribution in [3.63, 3.8) is 0 Å². The molecule has 2 aromatic carbocycles. The molecule has 0 atom stereocenters. The fourth-order valence-corrected chi connectivity index (χ4v) is 3.76. The minimum Gasteiger partial charge on any atom is -0.383 e. The number of imidazole rings is 1. The highest BCUT2D eigenvalue weighted by molar-refractivity contribution is 6.32. The van der Waals surface area contributed by atoms with Crippen LogP contribution in [0.5, 0.6) is 0 Å². The summed E-state index contributed by atoms with van der Waals surface area (Å²) in [4.78, 5) is 30.9. The Bertz CT molecular complexity index is 1340. The van der Waals surface area contributed by atoms with E-state index >= 15 is 0 Å². The lowest BCUT2D eigenvalue weighted by atomic mass is 10.1. The molecule has 7 nitrogen and oxygen atoms in total. The molecule has 0 saturated carbocycles. The predicted octanol–water partition coefficient (Wildman–Crippen LogP) is 3.01. The summed E-state index contributed by atoms with van der Waals surface area (Å²) >= 11 is 6.38. The number of rotatable bonds is 6. The van der Waals surface area contributed by atoms with Crippen LogP contribution < -0.4 is 11.2 Å². The average molecular weight is 425 g/mol. The van der Waals surface area contributed by atoms with Crippen molar-refractivity contribution < 1.29 is 4.74 Å². The van der Waals surface area contributed by atoms with Crippen LogP contribution >= 0.6 is 11.6 Å². The van der Waals surface area contributed by atoms with Crippen LogP contribution in [0.15, 0.2) is 64.4 Å². The number of halogens is 1. The zero-order chi connectivity index (χ0) is 21.3. The van der Waals surface area contributed by atoms with Crippen molar-refractivity contribution >= 4 is 22.8 Å². The van der Waals surface area contributed by atoms with E-state index in [0.29, 0.717) is 22.8 Å². The predicted molar refractivity (Wildman–Crippen MR) is 117 cm³/mol. The number of nitrogens with zero attached hydrogens (tertiary/aromatic N) is 4. The third-order valence-electron chi connectivity index (χ3n) is 4.95. The third kappa shape index (κ3) is 3.58. The third-order valence-corrected chi connectivity index (χ3v) is 5.27. The van der Waals surface area contributed by atoms with Gasteiger partial charge in [0.1, 0.15) is 0 Å². The van der Waals surface area contributed by atoms with E-state index in [1.807, 2.05) is 25.1 Å². The number of benzene rings is 2. The van der Waals surface area contributed by atoms with Crippen LogP contribution in [0.1, 0.15) is 11.1 Å². The molecule has 0 spiro atoms. The van der Waals surface area contributed by atoms with Crippen LogP contribution in [-0.4, -0.2) is 32.4 Å². The summed E-state index contributed by atoms with van der Waals surface area (Å²) in [5.74, 6) is 0. The van der Waals surface area contributed by atoms with Crippen molar-refractivity contribution in [3.05, 3.63) is 91.8 Å². The molecule has 0 bridgehead atoms. The van der Waals surface area contributed by atoms with Crippen molar-refractivity contribution in [1.29, 1.82) is 0 Å². The second-order valence-electron chi connectivity index (χ2n) is 7.05. The fourth-order valence-electron chi connectivity index (χ4n) is 3.54. The first-order valence-corrected chi connectivity index (χ1v) is 9.89. The van der Waals surface area contributed by atoms with Crippen LogP contribution in [0, 0.1) is 6.92 Å². The van der Waals surface area contributed by atoms with Gasteiger partial charge >= 0.3 is 5.69 Å². The maximum absolute atomic E-state index is 13.3. The van der Waals surface area contributed by atoms with Crippen molar-refractivity contribution in [3.8, 4) is 5.69 Å². The van der Waals surface area contributed by atoms with Gasteiger partial charge in [-0.15, -0.1) is 0 Å². The molecule has 0 radical (unpaired) electrons. The van der Waals surface area contributed by atoms with Gasteiger partial charge in [-0.3, -0.25) is 9.36 Å². The number of aryl methyl sites for hydroxylation is 1. The van der Waals surface area contributed by atoms with Crippen molar-refractivity contribution in [1.82, 2.24) is 18.7 Å². The summed E-state index contributed by atoms with van der Waals surface area (Å²) in [6, 6.07) is 15.0. The molecule has 0 saturated heterocycles. The van der Waals surface area contributed by atoms with Crippen molar-refractivity contribution in [2.75, 3.05) is 13.7 Å². The Morgan fingerprint density at radius 2 is 1.90 bits per heavy atom. The van der Waals surface area contributed by atoms with Gasteiger partial charge in [-0.1, -0.05) is 53.6 Å². The van der Waals surface area contributed by atoms with Gasteiger partial charge in [0.25, 0.3) is 5.56 Å². The lowest BCUT2D eigenvalue weighted by Gasteiger charge is -2.13. The standard InChI is InChI=1S/C22H21ClN4O3/c1-15-6-5-7-16(12-15)13-25-14-24-20-19(25)21(28)26(10-11-30-2)22(29)27(20)18-9-4-3-8-17(18)23/h3-9,12,14H,10-11,13H2,1-2H3. The van der Waals surface area contributed by atoms with Crippen LogP contribution in [0.3, 0.4) is 0 Å². The Hall–Kier alpha value is -3.16. The summed E-state index contributed by atoms with van der Waals surface area (Å²) < 4.78 is 9.43. The van der Waals surface area contributed by atoms with E-state index in [-0.39, 0.29) is 18.8 Å². The van der Waals surface area contributed by atoms with E-state index in [9.17, 15) is 9.59 Å². The number of aromatic nitrogens is 4. The number of hydrogen-bond donors (Lipinski definition) is 0. The zero-order valence-corrected chi connectivity index (χ0v) is 17.5. The number of para-hydroxylation sites is 1. The Morgan fingerprint density at radius 1 is 1.10 bits per heavy atom. The van der Waals surface area contributed by atoms with Gasteiger partial charge in [-0.05, 0) is 24.6 Å². The van der Waals surface area contributed by atoms with Gasteiger partial charge in [0.05, 0.1) is 30.2 Å². The quantitative estimate of drug-likeness (QED) is 0.477. The average Bonchev–Trinajstić information content (AvgIpc) is 3.13. The first-order valence-electron chi connectivity index (χ1n) is 9.51. The van der Waals surface area contributed by atoms with E-state index in [4.69, 9.17) is 16.3 Å². The topological polar surface area (TPSA) is 71.1 Å². The van der Waals surface area contributed by atoms with Crippen LogP contribution in [0.2, 0.25) is 5.02 Å². The Morgan fingerprint density at radius 3 is 2.63 bits per heavy atom. The molecule has 0 fully saturated rings. The molecular weight excluding hydrogens is 404 g/mol. The summed E-state index contributed by atoms with van der Waals surface area (Å²) in [7, 11) is 1.53. The molecule has 30 heavy (non-hydrogen) atoms. The highest BCUT2D eigenvalue weighted by atomic mass is 35.5. The highest BCUT2D eigenvalue weighted by Crippen LogP contribution is 2.21. The maximum Gasteiger partial charge on any atom is 0.337 e. The summed E-state index contributed by atoms with van der Waals surface area (Å²) in [6.45, 7) is 2.83. The molecule has 0 N–H and O–H groups in total. The molecule has 0 unspecified atom stereocenters. The minimum atomic E-state index is -0.501. The second-order valence-corrected chi connectivity index (χ2v) is 7.46. The summed E-state index contributed by atoms with van der Waals surface area (Å²) in [5.41, 5.74) is 2.35. The summed E-state index contributed by atoms with van der Waals surface area (Å²) in [5, 5.41) is 0.395. The van der Waals surface area contributed by atoms with E-state index in [1.165, 1.54) is 16.2 Å². The van der Waals surface area contributed by atoms with Crippen LogP contribution in [0.4, 0.5) is 0 Å². The monoisotopic (exact) mass is 424 g/mol. The Labute approximate surface area is 177 Å². The highest BCUT2D eigenvalue weighted by Gasteiger charge is 2.20. The minimum absolute atomic E-state index is 0.129. The van der Waals surface area contributed by atoms with Gasteiger partial charge < -0.3 is 9.30 Å². The van der Waals surface area contributed by atoms with Gasteiger partial charge in [0.2, 0.25) is 0 Å². The van der Waals surface area contributed by atoms with E-state index in [1.54, 1.807) is 35.2 Å². The molecule has 2 aromatic heterocycles. The van der Waals surface area contributed by atoms with Gasteiger partial charge in [0, 0.05) is 13.7 Å². The molecule has 0 aliphatic carbocycles. The molecule has 0 aliphatic heterocycles. The Kier molecular flexibility index (Phi) is 5.57.